The number of benzene rings is 2. The Labute approximate surface area is 169 Å². The highest BCUT2D eigenvalue weighted by molar-refractivity contribution is 6.33. The molecule has 7 heteroatoms. The molecule has 5 nitrogen and oxygen atoms in total. The third-order valence-electron chi connectivity index (χ3n) is 4.91. The number of nitrogens with one attached hydrogen (secondary N) is 3. The van der Waals surface area contributed by atoms with Gasteiger partial charge in [0.2, 0.25) is 5.91 Å². The lowest BCUT2D eigenvalue weighted by Crippen LogP contribution is -2.37. The molecule has 3 N–H and O–H groups in total. The van der Waals surface area contributed by atoms with E-state index in [0.717, 1.165) is 53.5 Å². The van der Waals surface area contributed by atoms with E-state index in [4.69, 9.17) is 11.6 Å². The normalized spacial score (nSPS) is 16.7. The Balaban J connectivity index is 0.00000210. The number of piperidine rings is 1. The second kappa shape index (κ2) is 8.30. The first-order valence-corrected chi connectivity index (χ1v) is 9.26. The highest BCUT2D eigenvalue weighted by atomic mass is 35.5. The molecule has 142 valence electrons. The predicted molar refractivity (Wildman–Crippen MR) is 113 cm³/mol. The van der Waals surface area contributed by atoms with Crippen LogP contribution in [-0.4, -0.2) is 29.2 Å². The minimum Gasteiger partial charge on any atom is -0.316 e. The molecule has 0 unspecified atom stereocenters. The van der Waals surface area contributed by atoms with E-state index in [1.54, 1.807) is 0 Å². The van der Waals surface area contributed by atoms with Crippen LogP contribution in [0.5, 0.6) is 0 Å². The summed E-state index contributed by atoms with van der Waals surface area (Å²) in [6.45, 7) is 3.72. The number of halogens is 2. The number of amides is 1. The zero-order valence-electron chi connectivity index (χ0n) is 15.0. The van der Waals surface area contributed by atoms with Gasteiger partial charge in [0.25, 0.3) is 0 Å². The quantitative estimate of drug-likeness (QED) is 0.599. The third kappa shape index (κ3) is 4.10. The van der Waals surface area contributed by atoms with Crippen molar-refractivity contribution >= 4 is 46.6 Å². The Kier molecular flexibility index (Phi) is 6.05. The maximum Gasteiger partial charge on any atom is 0.229 e. The van der Waals surface area contributed by atoms with Gasteiger partial charge in [-0.05, 0) is 55.6 Å². The van der Waals surface area contributed by atoms with Crippen LogP contribution in [0.25, 0.3) is 22.0 Å². The van der Waals surface area contributed by atoms with E-state index in [2.05, 4.69) is 20.8 Å². The fourth-order valence-corrected chi connectivity index (χ4v) is 3.77. The van der Waals surface area contributed by atoms with Gasteiger partial charge in [-0.2, -0.15) is 5.10 Å². The first kappa shape index (κ1) is 19.7. The molecule has 0 saturated carbocycles. The summed E-state index contributed by atoms with van der Waals surface area (Å²) in [5.74, 6) is 0.579. The number of H-pyrrole nitrogens is 1. The van der Waals surface area contributed by atoms with Crippen LogP contribution in [0.15, 0.2) is 36.4 Å². The maximum atomic E-state index is 12.5. The van der Waals surface area contributed by atoms with Gasteiger partial charge in [-0.1, -0.05) is 29.8 Å². The number of carbonyl (C=O) groups is 1. The van der Waals surface area contributed by atoms with Gasteiger partial charge < -0.3 is 10.6 Å². The van der Waals surface area contributed by atoms with Crippen molar-refractivity contribution in [3.8, 4) is 11.1 Å². The zero-order valence-corrected chi connectivity index (χ0v) is 16.6. The molecule has 0 spiro atoms. The molecule has 1 amide bonds. The molecule has 1 aliphatic heterocycles. The molecule has 2 heterocycles. The van der Waals surface area contributed by atoms with E-state index >= 15 is 0 Å². The summed E-state index contributed by atoms with van der Waals surface area (Å²) >= 11 is 6.41. The van der Waals surface area contributed by atoms with Gasteiger partial charge in [0.1, 0.15) is 0 Å². The number of hydrogen-bond donors (Lipinski definition) is 3. The van der Waals surface area contributed by atoms with Crippen molar-refractivity contribution in [3.63, 3.8) is 0 Å². The van der Waals surface area contributed by atoms with Crippen LogP contribution in [0.1, 0.15) is 18.4 Å². The Morgan fingerprint density at radius 1 is 1.26 bits per heavy atom. The summed E-state index contributed by atoms with van der Waals surface area (Å²) in [6.07, 6.45) is 1.93. The van der Waals surface area contributed by atoms with Crippen LogP contribution in [0.3, 0.4) is 0 Å². The second-order valence-corrected chi connectivity index (χ2v) is 7.26. The molecule has 1 fully saturated rings. The molecule has 1 saturated heterocycles. The van der Waals surface area contributed by atoms with Gasteiger partial charge in [0.15, 0.2) is 5.82 Å². The van der Waals surface area contributed by atoms with Crippen molar-refractivity contribution in [2.45, 2.75) is 19.8 Å². The number of fused-ring (bicyclic) bond motifs is 1. The number of hydrogen-bond acceptors (Lipinski definition) is 3. The largest absolute Gasteiger partial charge is 0.316 e. The monoisotopic (exact) mass is 404 g/mol. The van der Waals surface area contributed by atoms with Crippen LogP contribution in [0, 0.1) is 12.8 Å². The molecule has 1 aromatic heterocycles. The predicted octanol–water partition coefficient (Wildman–Crippen LogP) is 4.55. The van der Waals surface area contributed by atoms with Crippen molar-refractivity contribution in [3.05, 3.63) is 47.0 Å². The Hall–Kier alpha value is -2.08. The van der Waals surface area contributed by atoms with Crippen LogP contribution in [-0.2, 0) is 4.79 Å². The number of aromatic nitrogens is 2. The first-order valence-electron chi connectivity index (χ1n) is 8.88. The van der Waals surface area contributed by atoms with E-state index in [1.165, 1.54) is 0 Å². The molecule has 1 aliphatic rings. The molecule has 2 aromatic carbocycles. The van der Waals surface area contributed by atoms with E-state index in [1.807, 2.05) is 43.3 Å². The van der Waals surface area contributed by atoms with Crippen molar-refractivity contribution in [1.82, 2.24) is 15.5 Å². The standard InChI is InChI=1S/C20H21ClN4O.ClH/c1-12-4-6-15(17(21)9-12)13-5-7-18-16(10-13)19(25-24-18)23-20(26)14-3-2-8-22-11-14;/h4-7,9-10,14,22H,2-3,8,11H2,1H3,(H2,23,24,25,26);1H/t14-;/m0./s1. The topological polar surface area (TPSA) is 69.8 Å². The third-order valence-corrected chi connectivity index (χ3v) is 5.22. The summed E-state index contributed by atoms with van der Waals surface area (Å²) in [4.78, 5) is 12.5. The number of anilines is 1. The van der Waals surface area contributed by atoms with Crippen molar-refractivity contribution in [2.75, 3.05) is 18.4 Å². The summed E-state index contributed by atoms with van der Waals surface area (Å²) in [7, 11) is 0. The van der Waals surface area contributed by atoms with E-state index in [9.17, 15) is 4.79 Å². The fraction of sp³-hybridized carbons (Fsp3) is 0.300. The maximum absolute atomic E-state index is 12.5. The van der Waals surface area contributed by atoms with E-state index < -0.39 is 0 Å². The lowest BCUT2D eigenvalue weighted by atomic mass is 9.99. The number of nitrogens with zero attached hydrogens (tertiary/aromatic N) is 1. The Morgan fingerprint density at radius 2 is 2.11 bits per heavy atom. The molecule has 27 heavy (non-hydrogen) atoms. The summed E-state index contributed by atoms with van der Waals surface area (Å²) in [6, 6.07) is 12.0. The lowest BCUT2D eigenvalue weighted by Gasteiger charge is -2.21. The molecule has 0 radical (unpaired) electrons. The SMILES string of the molecule is Cc1ccc(-c2ccc3[nH]nc(NC(=O)[C@H]4CCCNC4)c3c2)c(Cl)c1.Cl. The molecule has 0 aliphatic carbocycles. The molecule has 4 rings (SSSR count). The summed E-state index contributed by atoms with van der Waals surface area (Å²) in [5, 5.41) is 15.1. The van der Waals surface area contributed by atoms with Gasteiger partial charge in [-0.3, -0.25) is 9.89 Å². The number of rotatable bonds is 3. The summed E-state index contributed by atoms with van der Waals surface area (Å²) < 4.78 is 0. The van der Waals surface area contributed by atoms with E-state index in [-0.39, 0.29) is 24.2 Å². The molecule has 3 aromatic rings. The minimum absolute atomic E-state index is 0. The number of aromatic amines is 1. The molecule has 0 bridgehead atoms. The van der Waals surface area contributed by atoms with E-state index in [0.29, 0.717) is 10.8 Å². The first-order chi connectivity index (χ1) is 12.6. The second-order valence-electron chi connectivity index (χ2n) is 6.85. The number of carbonyl (C=O) groups excluding carboxylic acids is 1. The molecular weight excluding hydrogens is 383 g/mol. The zero-order chi connectivity index (χ0) is 18.1. The average molecular weight is 405 g/mol. The van der Waals surface area contributed by atoms with Crippen molar-refractivity contribution in [2.24, 2.45) is 5.92 Å². The smallest absolute Gasteiger partial charge is 0.229 e. The van der Waals surface area contributed by atoms with Gasteiger partial charge in [0.05, 0.1) is 11.4 Å². The highest BCUT2D eigenvalue weighted by Gasteiger charge is 2.22. The van der Waals surface area contributed by atoms with Crippen LogP contribution < -0.4 is 10.6 Å². The Morgan fingerprint density at radius 3 is 2.85 bits per heavy atom. The van der Waals surface area contributed by atoms with Gasteiger partial charge in [-0.15, -0.1) is 12.4 Å². The van der Waals surface area contributed by atoms with Gasteiger partial charge in [0, 0.05) is 22.5 Å². The molecule has 1 atom stereocenters. The van der Waals surface area contributed by atoms with Crippen molar-refractivity contribution in [1.29, 1.82) is 0 Å². The average Bonchev–Trinajstić information content (AvgIpc) is 3.04. The molecular formula is C20H22Cl2N4O. The summed E-state index contributed by atoms with van der Waals surface area (Å²) in [5.41, 5.74) is 3.97. The number of aryl methyl sites for hydroxylation is 1. The van der Waals surface area contributed by atoms with Crippen LogP contribution in [0.4, 0.5) is 5.82 Å². The van der Waals surface area contributed by atoms with Gasteiger partial charge in [-0.25, -0.2) is 0 Å². The van der Waals surface area contributed by atoms with Gasteiger partial charge >= 0.3 is 0 Å². The van der Waals surface area contributed by atoms with Crippen LogP contribution >= 0.6 is 24.0 Å². The Bertz CT molecular complexity index is 964. The highest BCUT2D eigenvalue weighted by Crippen LogP contribution is 2.32. The lowest BCUT2D eigenvalue weighted by molar-refractivity contribution is -0.120. The van der Waals surface area contributed by atoms with Crippen LogP contribution in [0.2, 0.25) is 5.02 Å². The minimum atomic E-state index is -0.00905. The van der Waals surface area contributed by atoms with Crippen molar-refractivity contribution < 1.29 is 4.79 Å². The fourth-order valence-electron chi connectivity index (χ4n) is 3.43.